The molecule has 1 unspecified atom stereocenters. The molecule has 0 aromatic heterocycles. The second-order valence-corrected chi connectivity index (χ2v) is 4.51. The Bertz CT molecular complexity index is 429. The van der Waals surface area contributed by atoms with Gasteiger partial charge in [0, 0.05) is 0 Å². The fraction of sp³-hybridized carbons (Fsp3) is 0.417. The van der Waals surface area contributed by atoms with Gasteiger partial charge in [-0.05, 0) is 37.0 Å². The van der Waals surface area contributed by atoms with Gasteiger partial charge in [0.15, 0.2) is 6.10 Å². The van der Waals surface area contributed by atoms with Gasteiger partial charge >= 0.3 is 5.97 Å². The van der Waals surface area contributed by atoms with Crippen molar-refractivity contribution in [3.8, 4) is 5.75 Å². The maximum atomic E-state index is 10.6. The van der Waals surface area contributed by atoms with E-state index in [4.69, 9.17) is 21.4 Å². The summed E-state index contributed by atoms with van der Waals surface area (Å²) in [5.41, 5.74) is 0.253. The number of carbonyl (C=O) groups is 1. The number of aliphatic carboxylic acids is 1. The van der Waals surface area contributed by atoms with Crippen LogP contribution in [0.4, 0.5) is 0 Å². The average molecular weight is 257 g/mol. The lowest BCUT2D eigenvalue weighted by Gasteiger charge is -2.27. The predicted octanol–water partition coefficient (Wildman–Crippen LogP) is 2.39. The molecule has 1 fully saturated rings. The third-order valence-electron chi connectivity index (χ3n) is 2.85. The van der Waals surface area contributed by atoms with Crippen LogP contribution in [-0.4, -0.2) is 22.3 Å². The molecule has 2 rings (SSSR count). The maximum absolute atomic E-state index is 10.6. The molecule has 0 aliphatic heterocycles. The summed E-state index contributed by atoms with van der Waals surface area (Å²) in [4.78, 5) is 10.6. The van der Waals surface area contributed by atoms with E-state index in [1.807, 2.05) is 0 Å². The van der Waals surface area contributed by atoms with Crippen LogP contribution in [0.5, 0.6) is 5.75 Å². The van der Waals surface area contributed by atoms with Crippen molar-refractivity contribution < 1.29 is 19.7 Å². The molecule has 0 amide bonds. The number of hydrogen-bond donors (Lipinski definition) is 2. The van der Waals surface area contributed by atoms with E-state index >= 15 is 0 Å². The van der Waals surface area contributed by atoms with Crippen molar-refractivity contribution in [3.05, 3.63) is 28.8 Å². The van der Waals surface area contributed by atoms with Gasteiger partial charge in [-0.1, -0.05) is 17.7 Å². The van der Waals surface area contributed by atoms with E-state index in [1.165, 1.54) is 12.1 Å². The minimum atomic E-state index is -1.55. The number of carboxylic acid groups (broad SMARTS) is 1. The number of carboxylic acids is 1. The Morgan fingerprint density at radius 2 is 2.18 bits per heavy atom. The molecule has 5 heteroatoms. The Balaban J connectivity index is 2.13. The molecule has 1 aromatic rings. The molecule has 1 saturated carbocycles. The van der Waals surface area contributed by atoms with Gasteiger partial charge in [-0.15, -0.1) is 0 Å². The third-order valence-corrected chi connectivity index (χ3v) is 3.15. The minimum Gasteiger partial charge on any atom is -0.489 e. The molecule has 0 radical (unpaired) electrons. The van der Waals surface area contributed by atoms with E-state index in [2.05, 4.69) is 0 Å². The summed E-state index contributed by atoms with van der Waals surface area (Å²) < 4.78 is 5.62. The summed E-state index contributed by atoms with van der Waals surface area (Å²) in [6.45, 7) is 0. The first-order chi connectivity index (χ1) is 8.08. The van der Waals surface area contributed by atoms with Crippen LogP contribution in [0.1, 0.15) is 30.9 Å². The second kappa shape index (κ2) is 4.94. The van der Waals surface area contributed by atoms with Crippen molar-refractivity contribution in [2.75, 3.05) is 0 Å². The van der Waals surface area contributed by atoms with Crippen LogP contribution in [0, 0.1) is 0 Å². The molecule has 0 bridgehead atoms. The highest BCUT2D eigenvalue weighted by atomic mass is 35.5. The summed E-state index contributed by atoms with van der Waals surface area (Å²) >= 11 is 5.97. The smallest absolute Gasteiger partial charge is 0.337 e. The number of aliphatic hydroxyl groups is 1. The molecule has 2 N–H and O–H groups in total. The first-order valence-corrected chi connectivity index (χ1v) is 5.82. The lowest BCUT2D eigenvalue weighted by molar-refractivity contribution is -0.146. The summed E-state index contributed by atoms with van der Waals surface area (Å²) in [5, 5.41) is 18.3. The Morgan fingerprint density at radius 3 is 2.65 bits per heavy atom. The molecule has 1 aliphatic carbocycles. The molecule has 92 valence electrons. The Kier molecular flexibility index (Phi) is 3.54. The van der Waals surface area contributed by atoms with E-state index in [9.17, 15) is 9.90 Å². The van der Waals surface area contributed by atoms with Crippen molar-refractivity contribution >= 4 is 17.6 Å². The van der Waals surface area contributed by atoms with Crippen molar-refractivity contribution in [2.45, 2.75) is 31.5 Å². The monoisotopic (exact) mass is 256 g/mol. The van der Waals surface area contributed by atoms with Crippen LogP contribution >= 0.6 is 11.6 Å². The quantitative estimate of drug-likeness (QED) is 0.868. The lowest BCUT2D eigenvalue weighted by atomic mass is 9.96. The van der Waals surface area contributed by atoms with Crippen LogP contribution in [0.2, 0.25) is 5.02 Å². The topological polar surface area (TPSA) is 66.8 Å². The average Bonchev–Trinajstić information content (AvgIpc) is 2.23. The molecule has 0 heterocycles. The number of halogens is 1. The van der Waals surface area contributed by atoms with Crippen molar-refractivity contribution in [3.63, 3.8) is 0 Å². The highest BCUT2D eigenvalue weighted by Gasteiger charge is 2.21. The van der Waals surface area contributed by atoms with Crippen LogP contribution in [-0.2, 0) is 4.79 Å². The lowest BCUT2D eigenvalue weighted by Crippen LogP contribution is -2.24. The van der Waals surface area contributed by atoms with Gasteiger partial charge in [0.25, 0.3) is 0 Å². The van der Waals surface area contributed by atoms with E-state index < -0.39 is 12.1 Å². The molecule has 0 spiro atoms. The first kappa shape index (κ1) is 12.2. The van der Waals surface area contributed by atoms with Crippen molar-refractivity contribution in [2.24, 2.45) is 0 Å². The summed E-state index contributed by atoms with van der Waals surface area (Å²) in [5.74, 6) is -0.758. The summed E-state index contributed by atoms with van der Waals surface area (Å²) in [6, 6.07) is 4.54. The van der Waals surface area contributed by atoms with E-state index in [0.717, 1.165) is 19.3 Å². The fourth-order valence-electron chi connectivity index (χ4n) is 1.59. The molecule has 4 nitrogen and oxygen atoms in total. The third kappa shape index (κ3) is 2.70. The van der Waals surface area contributed by atoms with E-state index in [1.54, 1.807) is 6.07 Å². The molecule has 17 heavy (non-hydrogen) atoms. The zero-order valence-corrected chi connectivity index (χ0v) is 9.85. The van der Waals surface area contributed by atoms with Crippen molar-refractivity contribution in [1.82, 2.24) is 0 Å². The summed E-state index contributed by atoms with van der Waals surface area (Å²) in [6.07, 6.45) is 1.87. The van der Waals surface area contributed by atoms with Gasteiger partial charge in [0.05, 0.1) is 11.1 Å². The van der Waals surface area contributed by atoms with Crippen molar-refractivity contribution in [1.29, 1.82) is 0 Å². The first-order valence-electron chi connectivity index (χ1n) is 5.45. The van der Waals surface area contributed by atoms with Crippen LogP contribution in [0.15, 0.2) is 18.2 Å². The Morgan fingerprint density at radius 1 is 1.47 bits per heavy atom. The van der Waals surface area contributed by atoms with Gasteiger partial charge in [-0.3, -0.25) is 0 Å². The highest BCUT2D eigenvalue weighted by Crippen LogP contribution is 2.32. The normalized spacial score (nSPS) is 17.3. The highest BCUT2D eigenvalue weighted by molar-refractivity contribution is 6.32. The number of rotatable bonds is 4. The van der Waals surface area contributed by atoms with E-state index in [0.29, 0.717) is 10.8 Å². The van der Waals surface area contributed by atoms with Gasteiger partial charge in [0.1, 0.15) is 5.75 Å². The largest absolute Gasteiger partial charge is 0.489 e. The number of ether oxygens (including phenoxy) is 1. The Hall–Kier alpha value is -1.26. The van der Waals surface area contributed by atoms with E-state index in [-0.39, 0.29) is 11.7 Å². The fourth-order valence-corrected chi connectivity index (χ4v) is 1.83. The van der Waals surface area contributed by atoms with Gasteiger partial charge in [0.2, 0.25) is 0 Å². The SMILES string of the molecule is O=C(O)C(O)c1ccc(OC2CCC2)c(Cl)c1. The second-order valence-electron chi connectivity index (χ2n) is 4.10. The zero-order chi connectivity index (χ0) is 12.4. The van der Waals surface area contributed by atoms with Crippen LogP contribution < -0.4 is 4.74 Å². The zero-order valence-electron chi connectivity index (χ0n) is 9.10. The molecular formula is C12H13ClO4. The predicted molar refractivity (Wildman–Crippen MR) is 62.3 cm³/mol. The van der Waals surface area contributed by atoms with Gasteiger partial charge < -0.3 is 14.9 Å². The minimum absolute atomic E-state index is 0.211. The number of benzene rings is 1. The number of aliphatic hydroxyl groups excluding tert-OH is 1. The standard InChI is InChI=1S/C12H13ClO4/c13-9-6-7(11(14)12(15)16)4-5-10(9)17-8-2-1-3-8/h4-6,8,11,14H,1-3H2,(H,15,16). The Labute approximate surface area is 104 Å². The molecule has 1 aromatic carbocycles. The van der Waals surface area contributed by atoms with Gasteiger partial charge in [-0.25, -0.2) is 4.79 Å². The summed E-state index contributed by atoms with van der Waals surface area (Å²) in [7, 11) is 0. The maximum Gasteiger partial charge on any atom is 0.337 e. The van der Waals surface area contributed by atoms with Gasteiger partial charge in [-0.2, -0.15) is 0 Å². The molecule has 1 atom stereocenters. The van der Waals surface area contributed by atoms with Crippen LogP contribution in [0.25, 0.3) is 0 Å². The van der Waals surface area contributed by atoms with Crippen LogP contribution in [0.3, 0.4) is 0 Å². The molecule has 0 saturated heterocycles. The number of hydrogen-bond acceptors (Lipinski definition) is 3. The molecule has 1 aliphatic rings. The molecular weight excluding hydrogens is 244 g/mol.